The first-order valence-corrected chi connectivity index (χ1v) is 9.62. The molecule has 3 heterocycles. The van der Waals surface area contributed by atoms with Gasteiger partial charge in [0.15, 0.2) is 11.7 Å². The largest absolute Gasteiger partial charge is 0.573 e. The predicted molar refractivity (Wildman–Crippen MR) is 103 cm³/mol. The monoisotopic (exact) mass is 494 g/mol. The van der Waals surface area contributed by atoms with Gasteiger partial charge in [-0.15, -0.1) is 13.2 Å². The quantitative estimate of drug-likeness (QED) is 0.439. The van der Waals surface area contributed by atoms with Gasteiger partial charge in [0.2, 0.25) is 0 Å². The van der Waals surface area contributed by atoms with Crippen LogP contribution in [-0.4, -0.2) is 28.2 Å². The summed E-state index contributed by atoms with van der Waals surface area (Å²) in [5.41, 5.74) is -0.450. The summed E-state index contributed by atoms with van der Waals surface area (Å²) < 4.78 is 87.5. The predicted octanol–water partition coefficient (Wildman–Crippen LogP) is 5.94. The van der Waals surface area contributed by atoms with Crippen molar-refractivity contribution in [2.45, 2.75) is 31.0 Å². The number of rotatable bonds is 4. The van der Waals surface area contributed by atoms with Gasteiger partial charge in [0, 0.05) is 12.1 Å². The van der Waals surface area contributed by atoms with Crippen molar-refractivity contribution in [1.29, 1.82) is 0 Å². The summed E-state index contributed by atoms with van der Waals surface area (Å²) in [6.07, 6.45) is -8.72. The Hall–Kier alpha value is -3.35. The summed E-state index contributed by atoms with van der Waals surface area (Å²) in [5.74, 6) is -1.44. The number of amides is 1. The van der Waals surface area contributed by atoms with Crippen molar-refractivity contribution in [2.24, 2.45) is 0 Å². The van der Waals surface area contributed by atoms with E-state index in [2.05, 4.69) is 20.5 Å². The van der Waals surface area contributed by atoms with Gasteiger partial charge >= 0.3 is 12.5 Å². The zero-order valence-electron chi connectivity index (χ0n) is 16.2. The number of hydrogen-bond acceptors (Lipinski definition) is 5. The van der Waals surface area contributed by atoms with Gasteiger partial charge in [0.05, 0.1) is 12.3 Å². The van der Waals surface area contributed by atoms with Crippen LogP contribution in [0.15, 0.2) is 47.1 Å². The first-order chi connectivity index (χ1) is 15.4. The van der Waals surface area contributed by atoms with Crippen molar-refractivity contribution in [3.8, 4) is 5.75 Å². The number of nitrogens with one attached hydrogen (secondary N) is 2. The van der Waals surface area contributed by atoms with Crippen molar-refractivity contribution < 1.29 is 40.3 Å². The summed E-state index contributed by atoms with van der Waals surface area (Å²) >= 11 is 6.19. The van der Waals surface area contributed by atoms with Crippen LogP contribution >= 0.6 is 11.6 Å². The number of carbonyl (C=O) groups excluding carboxylic acids is 1. The van der Waals surface area contributed by atoms with Gasteiger partial charge in [-0.2, -0.15) is 18.3 Å². The number of halogens is 7. The Bertz CT molecular complexity index is 1140. The van der Waals surface area contributed by atoms with E-state index in [1.54, 1.807) is 0 Å². The van der Waals surface area contributed by atoms with Crippen molar-refractivity contribution in [1.82, 2.24) is 9.78 Å². The lowest BCUT2D eigenvalue weighted by Crippen LogP contribution is -2.35. The molecule has 0 aliphatic carbocycles. The van der Waals surface area contributed by atoms with Crippen molar-refractivity contribution in [3.63, 3.8) is 0 Å². The fourth-order valence-corrected chi connectivity index (χ4v) is 3.61. The fraction of sp³-hybridized carbons (Fsp3) is 0.263. The second-order valence-corrected chi connectivity index (χ2v) is 7.37. The maximum atomic E-state index is 13.7. The molecule has 14 heteroatoms. The van der Waals surface area contributed by atoms with Gasteiger partial charge in [-0.25, -0.2) is 4.68 Å². The molecule has 176 valence electrons. The van der Waals surface area contributed by atoms with Crippen LogP contribution in [0.4, 0.5) is 37.8 Å². The van der Waals surface area contributed by atoms with E-state index in [1.165, 1.54) is 18.4 Å². The Morgan fingerprint density at radius 1 is 1.18 bits per heavy atom. The van der Waals surface area contributed by atoms with Crippen LogP contribution in [0.3, 0.4) is 0 Å². The van der Waals surface area contributed by atoms with Gasteiger partial charge in [-0.1, -0.05) is 11.6 Å². The van der Waals surface area contributed by atoms with E-state index in [0.29, 0.717) is 4.68 Å². The summed E-state index contributed by atoms with van der Waals surface area (Å²) in [5, 5.41) is 8.55. The van der Waals surface area contributed by atoms with Crippen molar-refractivity contribution >= 4 is 29.0 Å². The molecule has 0 saturated heterocycles. The standard InChI is InChI=1S/C19H13ClF6N4O3/c20-14-15(17(31)27-9-3-5-10(6-4-9)33-19(24,25)26)29-30-13(18(21,22)23)8-11(28-16(14)30)12-2-1-7-32-12/h1-7,11,13,28H,8H2,(H,27,31)/t11-,13+/m0/s1. The maximum Gasteiger partial charge on any atom is 0.573 e. The Morgan fingerprint density at radius 3 is 2.45 bits per heavy atom. The second-order valence-electron chi connectivity index (χ2n) is 6.99. The van der Waals surface area contributed by atoms with Crippen LogP contribution in [0, 0.1) is 0 Å². The number of nitrogens with zero attached hydrogens (tertiary/aromatic N) is 2. The topological polar surface area (TPSA) is 81.3 Å². The molecule has 1 aromatic carbocycles. The van der Waals surface area contributed by atoms with Gasteiger partial charge in [0.1, 0.15) is 22.4 Å². The zero-order chi connectivity index (χ0) is 24.0. The number of alkyl halides is 6. The summed E-state index contributed by atoms with van der Waals surface area (Å²) in [6, 6.07) is 4.23. The van der Waals surface area contributed by atoms with Crippen LogP contribution < -0.4 is 15.4 Å². The normalized spacial score (nSPS) is 18.4. The molecular weight excluding hydrogens is 482 g/mol. The highest BCUT2D eigenvalue weighted by Crippen LogP contribution is 2.46. The molecule has 0 radical (unpaired) electrons. The molecule has 0 bridgehead atoms. The van der Waals surface area contributed by atoms with Crippen LogP contribution in [-0.2, 0) is 0 Å². The van der Waals surface area contributed by atoms with Gasteiger partial charge in [-0.3, -0.25) is 4.79 Å². The van der Waals surface area contributed by atoms with Crippen molar-refractivity contribution in [2.75, 3.05) is 10.6 Å². The van der Waals surface area contributed by atoms with E-state index in [0.717, 1.165) is 24.3 Å². The van der Waals surface area contributed by atoms with E-state index in [9.17, 15) is 31.1 Å². The number of carbonyl (C=O) groups is 1. The highest BCUT2D eigenvalue weighted by atomic mass is 35.5. The molecule has 1 amide bonds. The number of hydrogen-bond donors (Lipinski definition) is 2. The zero-order valence-corrected chi connectivity index (χ0v) is 16.9. The molecule has 1 aliphatic heterocycles. The minimum Gasteiger partial charge on any atom is -0.467 e. The Labute approximate surface area is 186 Å². The number of ether oxygens (including phenoxy) is 1. The highest BCUT2D eigenvalue weighted by Gasteiger charge is 2.48. The Kier molecular flexibility index (Phi) is 5.68. The number of aromatic nitrogens is 2. The fourth-order valence-electron chi connectivity index (χ4n) is 3.34. The van der Waals surface area contributed by atoms with Crippen LogP contribution in [0.2, 0.25) is 5.02 Å². The first kappa shape index (κ1) is 22.8. The summed E-state index contributed by atoms with van der Waals surface area (Å²) in [6.45, 7) is 0. The lowest BCUT2D eigenvalue weighted by Gasteiger charge is -2.32. The van der Waals surface area contributed by atoms with E-state index < -0.39 is 48.4 Å². The minimum absolute atomic E-state index is 0.0466. The lowest BCUT2D eigenvalue weighted by molar-refractivity contribution is -0.274. The minimum atomic E-state index is -4.89. The molecule has 4 rings (SSSR count). The Morgan fingerprint density at radius 2 is 1.88 bits per heavy atom. The van der Waals surface area contributed by atoms with Gasteiger partial charge < -0.3 is 19.8 Å². The number of fused-ring (bicyclic) bond motifs is 1. The van der Waals surface area contributed by atoms with Crippen LogP contribution in [0.25, 0.3) is 0 Å². The highest BCUT2D eigenvalue weighted by molar-refractivity contribution is 6.36. The lowest BCUT2D eigenvalue weighted by atomic mass is 10.0. The molecule has 33 heavy (non-hydrogen) atoms. The van der Waals surface area contributed by atoms with Gasteiger partial charge in [0.25, 0.3) is 5.91 Å². The summed E-state index contributed by atoms with van der Waals surface area (Å²) in [7, 11) is 0. The van der Waals surface area contributed by atoms with E-state index in [-0.39, 0.29) is 22.3 Å². The molecule has 1 aliphatic rings. The summed E-state index contributed by atoms with van der Waals surface area (Å²) in [4.78, 5) is 12.6. The number of anilines is 2. The molecule has 2 N–H and O–H groups in total. The van der Waals surface area contributed by atoms with Crippen LogP contribution in [0.1, 0.15) is 34.8 Å². The first-order valence-electron chi connectivity index (χ1n) is 9.24. The molecule has 3 aromatic rings. The average molecular weight is 495 g/mol. The van der Waals surface area contributed by atoms with Crippen molar-refractivity contribution in [3.05, 3.63) is 59.1 Å². The van der Waals surface area contributed by atoms with Crippen LogP contribution in [0.5, 0.6) is 5.75 Å². The molecule has 0 saturated carbocycles. The third-order valence-corrected chi connectivity index (χ3v) is 5.10. The smallest absolute Gasteiger partial charge is 0.467 e. The SMILES string of the molecule is O=C(Nc1ccc(OC(F)(F)F)cc1)c1nn2c(c1Cl)N[C@H](c1ccco1)C[C@@H]2C(F)(F)F. The molecule has 0 spiro atoms. The van der Waals surface area contributed by atoms with Gasteiger partial charge in [-0.05, 0) is 36.4 Å². The molecule has 0 unspecified atom stereocenters. The third kappa shape index (κ3) is 4.87. The van der Waals surface area contributed by atoms with E-state index in [1.807, 2.05) is 0 Å². The molecule has 0 fully saturated rings. The number of furan rings is 1. The van der Waals surface area contributed by atoms with E-state index in [4.69, 9.17) is 16.0 Å². The number of benzene rings is 1. The second kappa shape index (κ2) is 8.21. The Balaban J connectivity index is 1.59. The molecule has 2 aromatic heterocycles. The van der Waals surface area contributed by atoms with E-state index >= 15 is 0 Å². The molecule has 2 atom stereocenters. The maximum absolute atomic E-state index is 13.7. The average Bonchev–Trinajstić information content (AvgIpc) is 3.36. The molecule has 7 nitrogen and oxygen atoms in total. The third-order valence-electron chi connectivity index (χ3n) is 4.74. The molecular formula is C19H13ClF6N4O3.